The van der Waals surface area contributed by atoms with Crippen molar-refractivity contribution in [2.24, 2.45) is 0 Å². The number of halogens is 3. The normalized spacial score (nSPS) is 20.9. The van der Waals surface area contributed by atoms with Crippen molar-refractivity contribution in [3.8, 4) is 17.2 Å². The van der Waals surface area contributed by atoms with Crippen LogP contribution in [-0.2, 0) is 0 Å². The Hall–Kier alpha value is -3.32. The fourth-order valence-electron chi connectivity index (χ4n) is 5.94. The quantitative estimate of drug-likeness (QED) is 0.353. The molecule has 4 heterocycles. The van der Waals surface area contributed by atoms with Crippen molar-refractivity contribution in [3.05, 3.63) is 53.3 Å². The van der Waals surface area contributed by atoms with Gasteiger partial charge >= 0.3 is 0 Å². The van der Waals surface area contributed by atoms with Gasteiger partial charge < -0.3 is 19.7 Å². The van der Waals surface area contributed by atoms with Crippen LogP contribution < -0.4 is 10.2 Å². The molecule has 6 rings (SSSR count). The van der Waals surface area contributed by atoms with Crippen LogP contribution in [0.5, 0.6) is 0 Å². The number of benzene rings is 2. The summed E-state index contributed by atoms with van der Waals surface area (Å²) in [6.45, 7) is 4.44. The minimum absolute atomic E-state index is 0.0249. The second-order valence-corrected chi connectivity index (χ2v) is 11.6. The lowest BCUT2D eigenvalue weighted by Crippen LogP contribution is -2.67. The van der Waals surface area contributed by atoms with Crippen LogP contribution in [0.3, 0.4) is 0 Å². The van der Waals surface area contributed by atoms with Gasteiger partial charge in [0.05, 0.1) is 34.9 Å². The van der Waals surface area contributed by atoms with E-state index < -0.39 is 11.6 Å². The lowest BCUT2D eigenvalue weighted by Gasteiger charge is -2.52. The van der Waals surface area contributed by atoms with Crippen molar-refractivity contribution in [1.82, 2.24) is 24.8 Å². The molecule has 2 saturated heterocycles. The number of fused-ring (bicyclic) bond motifs is 3. The average Bonchev–Trinajstić information content (AvgIpc) is 3.34. The molecule has 0 amide bonds. The summed E-state index contributed by atoms with van der Waals surface area (Å²) in [7, 11) is 4.11. The average molecular weight is 550 g/mol. The van der Waals surface area contributed by atoms with Crippen LogP contribution in [0.1, 0.15) is 32.2 Å². The second kappa shape index (κ2) is 9.70. The SMILES string of the molecule is CN(C)C1(C)CN(c2nc3c(F)c(-c4ccc(F)cc4)c(Cl)cc3c3c2ncn3C2CCN[C@H](CC#N)C2)C1. The van der Waals surface area contributed by atoms with Gasteiger partial charge in [0.25, 0.3) is 0 Å². The summed E-state index contributed by atoms with van der Waals surface area (Å²) in [5.41, 5.74) is 2.38. The summed E-state index contributed by atoms with van der Waals surface area (Å²) in [6, 6.07) is 9.84. The van der Waals surface area contributed by atoms with Crippen LogP contribution in [0.4, 0.5) is 14.6 Å². The molecule has 1 unspecified atom stereocenters. The molecule has 2 atom stereocenters. The van der Waals surface area contributed by atoms with Crippen LogP contribution in [0.2, 0.25) is 5.02 Å². The number of piperidine rings is 1. The molecule has 2 aliphatic rings. The number of aromatic nitrogens is 3. The Morgan fingerprint density at radius 1 is 1.21 bits per heavy atom. The lowest BCUT2D eigenvalue weighted by atomic mass is 9.90. The molecule has 4 aromatic rings. The molecule has 0 spiro atoms. The van der Waals surface area contributed by atoms with E-state index in [-0.39, 0.29) is 33.7 Å². The Bertz CT molecular complexity index is 1600. The molecule has 2 aromatic heterocycles. The maximum atomic E-state index is 16.4. The van der Waals surface area contributed by atoms with E-state index in [1.54, 1.807) is 6.07 Å². The van der Waals surface area contributed by atoms with Gasteiger partial charge in [-0.1, -0.05) is 23.7 Å². The van der Waals surface area contributed by atoms with Crippen LogP contribution in [0, 0.1) is 23.0 Å². The highest BCUT2D eigenvalue weighted by atomic mass is 35.5. The first kappa shape index (κ1) is 25.9. The Morgan fingerprint density at radius 3 is 2.64 bits per heavy atom. The van der Waals surface area contributed by atoms with E-state index in [4.69, 9.17) is 21.6 Å². The first-order chi connectivity index (χ1) is 18.7. The fourth-order valence-corrected chi connectivity index (χ4v) is 6.24. The lowest BCUT2D eigenvalue weighted by molar-refractivity contribution is 0.133. The van der Waals surface area contributed by atoms with Gasteiger partial charge in [0.15, 0.2) is 11.6 Å². The number of imidazole rings is 1. The summed E-state index contributed by atoms with van der Waals surface area (Å²) in [5.74, 6) is -0.298. The second-order valence-electron chi connectivity index (χ2n) is 11.2. The van der Waals surface area contributed by atoms with E-state index in [1.165, 1.54) is 24.3 Å². The van der Waals surface area contributed by atoms with Crippen molar-refractivity contribution < 1.29 is 8.78 Å². The van der Waals surface area contributed by atoms with Gasteiger partial charge in [0.2, 0.25) is 0 Å². The highest BCUT2D eigenvalue weighted by molar-refractivity contribution is 6.34. The Labute approximate surface area is 231 Å². The maximum Gasteiger partial charge on any atom is 0.158 e. The van der Waals surface area contributed by atoms with Gasteiger partial charge in [-0.05, 0) is 64.2 Å². The summed E-state index contributed by atoms with van der Waals surface area (Å²) < 4.78 is 32.1. The molecule has 39 heavy (non-hydrogen) atoms. The number of nitrogens with zero attached hydrogens (tertiary/aromatic N) is 6. The van der Waals surface area contributed by atoms with E-state index in [9.17, 15) is 9.65 Å². The van der Waals surface area contributed by atoms with E-state index in [1.807, 2.05) is 6.33 Å². The van der Waals surface area contributed by atoms with Gasteiger partial charge in [-0.15, -0.1) is 0 Å². The topological polar surface area (TPSA) is 73.0 Å². The molecule has 202 valence electrons. The zero-order valence-electron chi connectivity index (χ0n) is 22.2. The third kappa shape index (κ3) is 4.31. The van der Waals surface area contributed by atoms with Gasteiger partial charge in [0.1, 0.15) is 16.9 Å². The number of hydrogen-bond acceptors (Lipinski definition) is 6. The van der Waals surface area contributed by atoms with E-state index in [0.29, 0.717) is 28.7 Å². The van der Waals surface area contributed by atoms with Crippen LogP contribution in [0.25, 0.3) is 33.1 Å². The summed E-state index contributed by atoms with van der Waals surface area (Å²) in [5, 5.41) is 13.5. The number of pyridine rings is 1. The molecular formula is C29H30ClF2N7. The van der Waals surface area contributed by atoms with Gasteiger partial charge in [-0.2, -0.15) is 5.26 Å². The molecule has 2 fully saturated rings. The van der Waals surface area contributed by atoms with E-state index >= 15 is 4.39 Å². The molecule has 10 heteroatoms. The molecule has 0 radical (unpaired) electrons. The molecule has 2 aromatic carbocycles. The van der Waals surface area contributed by atoms with Gasteiger partial charge in [-0.3, -0.25) is 0 Å². The smallest absolute Gasteiger partial charge is 0.158 e. The monoisotopic (exact) mass is 549 g/mol. The Balaban J connectivity index is 1.56. The zero-order chi connectivity index (χ0) is 27.5. The van der Waals surface area contributed by atoms with Crippen molar-refractivity contribution in [1.29, 1.82) is 5.26 Å². The summed E-state index contributed by atoms with van der Waals surface area (Å²) in [4.78, 5) is 14.0. The van der Waals surface area contributed by atoms with Crippen molar-refractivity contribution in [2.45, 2.75) is 43.8 Å². The number of nitriles is 1. The molecule has 0 bridgehead atoms. The zero-order valence-corrected chi connectivity index (χ0v) is 22.9. The molecule has 1 N–H and O–H groups in total. The predicted octanol–water partition coefficient (Wildman–Crippen LogP) is 5.53. The number of likely N-dealkylation sites (N-methyl/N-ethyl adjacent to an activating group) is 1. The summed E-state index contributed by atoms with van der Waals surface area (Å²) >= 11 is 6.71. The number of nitrogens with one attached hydrogen (secondary N) is 1. The van der Waals surface area contributed by atoms with Gasteiger partial charge in [0, 0.05) is 36.1 Å². The first-order valence-corrected chi connectivity index (χ1v) is 13.5. The third-order valence-corrected chi connectivity index (χ3v) is 8.74. The van der Waals surface area contributed by atoms with Crippen LogP contribution >= 0.6 is 11.6 Å². The van der Waals surface area contributed by atoms with E-state index in [0.717, 1.165) is 38.0 Å². The van der Waals surface area contributed by atoms with Gasteiger partial charge in [-0.25, -0.2) is 18.7 Å². The standard InChI is InChI=1S/C29H30ClF2N7/c1-29(37(2)3)14-38(15-29)28-26-27(39(16-35-26)20-9-11-34-19(12-20)8-10-33)21-13-22(30)23(24(32)25(21)36-28)17-4-6-18(31)7-5-17/h4-7,13,16,19-20,34H,8-9,11-12,14-15H2,1-3H3/t19-,20?/m1/s1. The minimum Gasteiger partial charge on any atom is -0.351 e. The molecule has 0 aliphatic carbocycles. The number of rotatable bonds is 5. The molecular weight excluding hydrogens is 520 g/mol. The molecule has 0 saturated carbocycles. The van der Waals surface area contributed by atoms with Crippen LogP contribution in [0.15, 0.2) is 36.7 Å². The van der Waals surface area contributed by atoms with Crippen molar-refractivity contribution >= 4 is 39.4 Å². The molecule has 2 aliphatic heterocycles. The first-order valence-electron chi connectivity index (χ1n) is 13.2. The number of anilines is 1. The minimum atomic E-state index is -0.538. The maximum absolute atomic E-state index is 16.4. The highest BCUT2D eigenvalue weighted by Gasteiger charge is 2.42. The third-order valence-electron chi connectivity index (χ3n) is 8.44. The largest absolute Gasteiger partial charge is 0.351 e. The predicted molar refractivity (Wildman–Crippen MR) is 150 cm³/mol. The Morgan fingerprint density at radius 2 is 1.95 bits per heavy atom. The number of hydrogen-bond donors (Lipinski definition) is 1. The Kier molecular flexibility index (Phi) is 6.45. The fraction of sp³-hybridized carbons (Fsp3) is 0.414. The van der Waals surface area contributed by atoms with Crippen LogP contribution in [-0.4, -0.2) is 64.7 Å². The molecule has 7 nitrogen and oxygen atoms in total. The highest BCUT2D eigenvalue weighted by Crippen LogP contribution is 2.42. The van der Waals surface area contributed by atoms with Crippen molar-refractivity contribution in [3.63, 3.8) is 0 Å². The van der Waals surface area contributed by atoms with Crippen molar-refractivity contribution in [2.75, 3.05) is 38.6 Å². The van der Waals surface area contributed by atoms with E-state index in [2.05, 4.69) is 46.8 Å². The summed E-state index contributed by atoms with van der Waals surface area (Å²) in [6.07, 6.45) is 3.87.